The van der Waals surface area contributed by atoms with Gasteiger partial charge in [0.15, 0.2) is 0 Å². The Bertz CT molecular complexity index is 1380. The summed E-state index contributed by atoms with van der Waals surface area (Å²) in [6, 6.07) is 10.3. The van der Waals surface area contributed by atoms with E-state index >= 15 is 0 Å². The number of amides is 4. The van der Waals surface area contributed by atoms with Crippen molar-refractivity contribution in [3.8, 4) is 11.8 Å². The quantitative estimate of drug-likeness (QED) is 0.459. The van der Waals surface area contributed by atoms with Crippen molar-refractivity contribution in [1.29, 1.82) is 0 Å². The summed E-state index contributed by atoms with van der Waals surface area (Å²) in [7, 11) is 0. The molecule has 2 aliphatic heterocycles. The minimum absolute atomic E-state index is 0.215. The van der Waals surface area contributed by atoms with Crippen molar-refractivity contribution >= 4 is 45.2 Å². The average molecular weight is 458 g/mol. The Balaban J connectivity index is 1.22. The zero-order chi connectivity index (χ0) is 22.9. The number of nitrogens with one attached hydrogen (secondary N) is 2. The molecule has 1 unspecified atom stereocenters. The summed E-state index contributed by atoms with van der Waals surface area (Å²) in [5.41, 5.74) is 5.49. The highest BCUT2D eigenvalue weighted by molar-refractivity contribution is 7.16. The second-order valence-electron chi connectivity index (χ2n) is 7.86. The van der Waals surface area contributed by atoms with Gasteiger partial charge in [0, 0.05) is 36.6 Å². The highest BCUT2D eigenvalue weighted by atomic mass is 32.1. The third-order valence-corrected chi connectivity index (χ3v) is 6.50. The van der Waals surface area contributed by atoms with E-state index < -0.39 is 17.9 Å². The molecule has 3 aromatic rings. The van der Waals surface area contributed by atoms with Crippen LogP contribution in [0.15, 0.2) is 41.9 Å². The second kappa shape index (κ2) is 8.48. The van der Waals surface area contributed by atoms with Crippen LogP contribution in [0.1, 0.15) is 39.9 Å². The van der Waals surface area contributed by atoms with Gasteiger partial charge in [-0.05, 0) is 41.8 Å². The highest BCUT2D eigenvalue weighted by Gasteiger charge is 2.39. The zero-order valence-corrected chi connectivity index (χ0v) is 18.2. The third-order valence-electron chi connectivity index (χ3n) is 5.69. The molecule has 0 spiro atoms. The van der Waals surface area contributed by atoms with E-state index in [1.807, 2.05) is 24.3 Å². The molecule has 1 fully saturated rings. The van der Waals surface area contributed by atoms with Crippen LogP contribution in [-0.4, -0.2) is 39.6 Å². The third kappa shape index (κ3) is 4.21. The fraction of sp³-hybridized carbons (Fsp3) is 0.208. The molecule has 164 valence electrons. The molecule has 2 aromatic carbocycles. The molecular weight excluding hydrogens is 440 g/mol. The Morgan fingerprint density at radius 3 is 2.94 bits per heavy atom. The second-order valence-corrected chi connectivity index (χ2v) is 8.75. The van der Waals surface area contributed by atoms with Crippen molar-refractivity contribution in [2.75, 3.05) is 0 Å². The van der Waals surface area contributed by atoms with Crippen molar-refractivity contribution in [1.82, 2.24) is 20.5 Å². The standard InChI is InChI=1S/C24H18N4O4S/c29-21(7-3-14-2-6-20-18(10-14)26-13-33-20)25-11-15-1-4-17-16(9-15)12-28(24(17)32)19-5-8-22(30)27-23(19)31/h1-2,4,6,9-10,13,19H,5,8,11-12H2,(H,25,29)(H,27,30,31). The average Bonchev–Trinajstić information content (AvgIpc) is 3.40. The fourth-order valence-corrected chi connectivity index (χ4v) is 4.69. The molecule has 0 aliphatic carbocycles. The Kier molecular flexibility index (Phi) is 5.36. The maximum absolute atomic E-state index is 12.8. The van der Waals surface area contributed by atoms with Crippen LogP contribution in [0, 0.1) is 11.8 Å². The smallest absolute Gasteiger partial charge is 0.296 e. The van der Waals surface area contributed by atoms with E-state index in [4.69, 9.17) is 0 Å². The van der Waals surface area contributed by atoms with Gasteiger partial charge in [-0.2, -0.15) is 0 Å². The zero-order valence-electron chi connectivity index (χ0n) is 17.4. The number of fused-ring (bicyclic) bond motifs is 2. The van der Waals surface area contributed by atoms with E-state index in [1.54, 1.807) is 29.0 Å². The van der Waals surface area contributed by atoms with Gasteiger partial charge in [-0.1, -0.05) is 18.1 Å². The van der Waals surface area contributed by atoms with Crippen molar-refractivity contribution in [2.24, 2.45) is 0 Å². The van der Waals surface area contributed by atoms with Gasteiger partial charge >= 0.3 is 0 Å². The van der Waals surface area contributed by atoms with Crippen LogP contribution in [-0.2, 0) is 27.5 Å². The minimum atomic E-state index is -0.649. The molecule has 1 saturated heterocycles. The first-order chi connectivity index (χ1) is 16.0. The van der Waals surface area contributed by atoms with Gasteiger partial charge in [0.25, 0.3) is 11.8 Å². The molecule has 33 heavy (non-hydrogen) atoms. The molecule has 3 heterocycles. The topological polar surface area (TPSA) is 108 Å². The molecule has 2 aliphatic rings. The largest absolute Gasteiger partial charge is 0.341 e. The monoisotopic (exact) mass is 458 g/mol. The van der Waals surface area contributed by atoms with E-state index in [1.165, 1.54) is 4.90 Å². The molecule has 0 saturated carbocycles. The van der Waals surface area contributed by atoms with Gasteiger partial charge in [-0.3, -0.25) is 24.5 Å². The molecule has 1 aromatic heterocycles. The SMILES string of the molecule is O=C(C#Cc1ccc2scnc2c1)NCc1ccc2c(c1)CN(C1CCC(=O)NC1=O)C2=O. The summed E-state index contributed by atoms with van der Waals surface area (Å²) in [6.45, 7) is 0.555. The molecule has 2 N–H and O–H groups in total. The highest BCUT2D eigenvalue weighted by Crippen LogP contribution is 2.28. The Morgan fingerprint density at radius 1 is 1.21 bits per heavy atom. The van der Waals surface area contributed by atoms with Crippen molar-refractivity contribution in [3.05, 3.63) is 64.2 Å². The number of rotatable bonds is 3. The number of carbonyl (C=O) groups excluding carboxylic acids is 4. The number of hydrogen-bond donors (Lipinski definition) is 2. The van der Waals surface area contributed by atoms with Gasteiger partial charge in [0.05, 0.1) is 15.7 Å². The van der Waals surface area contributed by atoms with Gasteiger partial charge in [-0.25, -0.2) is 4.98 Å². The van der Waals surface area contributed by atoms with E-state index in [0.717, 1.165) is 21.3 Å². The number of aromatic nitrogens is 1. The van der Waals surface area contributed by atoms with Crippen LogP contribution in [0.2, 0.25) is 0 Å². The predicted octanol–water partition coefficient (Wildman–Crippen LogP) is 1.73. The van der Waals surface area contributed by atoms with Crippen LogP contribution in [0.5, 0.6) is 0 Å². The van der Waals surface area contributed by atoms with Crippen LogP contribution in [0.4, 0.5) is 0 Å². The van der Waals surface area contributed by atoms with Crippen molar-refractivity contribution < 1.29 is 19.2 Å². The van der Waals surface area contributed by atoms with Gasteiger partial charge in [0.2, 0.25) is 11.8 Å². The van der Waals surface area contributed by atoms with Crippen molar-refractivity contribution in [3.63, 3.8) is 0 Å². The fourth-order valence-electron chi connectivity index (χ4n) is 4.03. The lowest BCUT2D eigenvalue weighted by Crippen LogP contribution is -2.52. The molecule has 0 bridgehead atoms. The van der Waals surface area contributed by atoms with E-state index in [2.05, 4.69) is 27.5 Å². The van der Waals surface area contributed by atoms with Crippen molar-refractivity contribution in [2.45, 2.75) is 32.0 Å². The Labute approximate surface area is 193 Å². The molecule has 5 rings (SSSR count). The molecule has 4 amide bonds. The van der Waals surface area contributed by atoms with Crippen LogP contribution >= 0.6 is 11.3 Å². The number of nitrogens with zero attached hydrogens (tertiary/aromatic N) is 2. The lowest BCUT2D eigenvalue weighted by atomic mass is 10.0. The van der Waals surface area contributed by atoms with E-state index in [-0.39, 0.29) is 24.8 Å². The number of thiazole rings is 1. The Hall–Kier alpha value is -4.03. The normalized spacial score (nSPS) is 17.4. The first kappa shape index (κ1) is 20.8. The lowest BCUT2D eigenvalue weighted by Gasteiger charge is -2.29. The Morgan fingerprint density at radius 2 is 2.09 bits per heavy atom. The summed E-state index contributed by atoms with van der Waals surface area (Å²) in [5.74, 6) is 4.05. The molecular formula is C24H18N4O4S. The van der Waals surface area contributed by atoms with Gasteiger partial charge in [0.1, 0.15) is 6.04 Å². The molecule has 1 atom stereocenters. The first-order valence-electron chi connectivity index (χ1n) is 10.4. The minimum Gasteiger partial charge on any atom is -0.341 e. The van der Waals surface area contributed by atoms with E-state index in [0.29, 0.717) is 24.1 Å². The summed E-state index contributed by atoms with van der Waals surface area (Å²) in [4.78, 5) is 54.2. The van der Waals surface area contributed by atoms with Crippen LogP contribution < -0.4 is 10.6 Å². The number of benzene rings is 2. The summed E-state index contributed by atoms with van der Waals surface area (Å²) >= 11 is 1.55. The number of hydrogen-bond acceptors (Lipinski definition) is 6. The van der Waals surface area contributed by atoms with Gasteiger partial charge in [-0.15, -0.1) is 11.3 Å². The summed E-state index contributed by atoms with van der Waals surface area (Å²) in [6.07, 6.45) is 0.536. The number of imide groups is 1. The maximum atomic E-state index is 12.8. The molecule has 9 heteroatoms. The maximum Gasteiger partial charge on any atom is 0.296 e. The van der Waals surface area contributed by atoms with Crippen LogP contribution in [0.25, 0.3) is 10.2 Å². The first-order valence-corrected chi connectivity index (χ1v) is 11.3. The van der Waals surface area contributed by atoms with Crippen LogP contribution in [0.3, 0.4) is 0 Å². The summed E-state index contributed by atoms with van der Waals surface area (Å²) in [5, 5.41) is 5.06. The summed E-state index contributed by atoms with van der Waals surface area (Å²) < 4.78 is 1.07. The molecule has 8 nitrogen and oxygen atoms in total. The van der Waals surface area contributed by atoms with E-state index in [9.17, 15) is 19.2 Å². The predicted molar refractivity (Wildman–Crippen MR) is 121 cm³/mol. The molecule has 0 radical (unpaired) electrons. The number of carbonyl (C=O) groups is 4. The number of piperidine rings is 1. The van der Waals surface area contributed by atoms with Gasteiger partial charge < -0.3 is 10.2 Å². The lowest BCUT2D eigenvalue weighted by molar-refractivity contribution is -0.137.